The van der Waals surface area contributed by atoms with Crippen LogP contribution in [-0.4, -0.2) is 18.0 Å². The van der Waals surface area contributed by atoms with Crippen LogP contribution in [0.5, 0.6) is 0 Å². The molecule has 0 bridgehead atoms. The highest BCUT2D eigenvalue weighted by atomic mass is 35.7. The van der Waals surface area contributed by atoms with Gasteiger partial charge in [-0.25, -0.2) is 13.4 Å². The second-order valence-electron chi connectivity index (χ2n) is 3.21. The fourth-order valence-corrected chi connectivity index (χ4v) is 1.75. The first-order chi connectivity index (χ1) is 6.73. The number of hydrogen-bond acceptors (Lipinski definition) is 3. The first kappa shape index (κ1) is 12.4. The summed E-state index contributed by atoms with van der Waals surface area (Å²) in [4.78, 5) is 3.57. The zero-order chi connectivity index (χ0) is 11.8. The quantitative estimate of drug-likeness (QED) is 0.782. The topological polar surface area (TPSA) is 52.0 Å². The minimum Gasteiger partial charge on any atom is -0.276 e. The molecule has 86 valence electrons. The smallest absolute Gasteiger partial charge is 0.276 e. The monoisotopic (exact) mass is 258 g/mol. The third-order valence-corrected chi connectivity index (χ3v) is 2.89. The summed E-state index contributed by atoms with van der Waals surface area (Å²) >= 11 is 0. The van der Waals surface area contributed by atoms with Crippen LogP contribution in [0.2, 0.25) is 0 Å². The standard InChI is InChI=1S/C7H9ClF2N2O2S/c1-4(2)6-11-5(15(8,13)14)3-12(6)7(9)10/h3-4,7H,1-2H3. The van der Waals surface area contributed by atoms with E-state index in [2.05, 4.69) is 4.98 Å². The molecule has 1 heterocycles. The predicted molar refractivity (Wildman–Crippen MR) is 50.6 cm³/mol. The van der Waals surface area contributed by atoms with Crippen LogP contribution in [0.15, 0.2) is 11.2 Å². The molecule has 1 rings (SSSR count). The molecular weight excluding hydrogens is 250 g/mol. The van der Waals surface area contributed by atoms with Crippen LogP contribution in [0, 0.1) is 0 Å². The number of aromatic nitrogens is 2. The van der Waals surface area contributed by atoms with Crippen molar-refractivity contribution in [3.8, 4) is 0 Å². The molecule has 0 aliphatic carbocycles. The molecule has 8 heteroatoms. The number of halogens is 3. The summed E-state index contributed by atoms with van der Waals surface area (Å²) in [6.45, 7) is 0.430. The van der Waals surface area contributed by atoms with Gasteiger partial charge in [-0.15, -0.1) is 0 Å². The molecule has 0 saturated carbocycles. The molecule has 0 atom stereocenters. The lowest BCUT2D eigenvalue weighted by Gasteiger charge is -2.07. The number of alkyl halides is 2. The molecule has 0 aromatic carbocycles. The molecular formula is C7H9ClF2N2O2S. The summed E-state index contributed by atoms with van der Waals surface area (Å²) in [5.74, 6) is -0.324. The molecule has 0 unspecified atom stereocenters. The Balaban J connectivity index is 3.34. The van der Waals surface area contributed by atoms with Gasteiger partial charge in [-0.1, -0.05) is 13.8 Å². The average Bonchev–Trinajstić information content (AvgIpc) is 2.45. The molecule has 0 aliphatic heterocycles. The summed E-state index contributed by atoms with van der Waals surface area (Å²) in [7, 11) is 0.940. The molecule has 0 fully saturated rings. The van der Waals surface area contributed by atoms with Crippen molar-refractivity contribution in [2.75, 3.05) is 0 Å². The Bertz CT molecular complexity index is 430. The molecule has 15 heavy (non-hydrogen) atoms. The maximum atomic E-state index is 12.5. The van der Waals surface area contributed by atoms with E-state index in [1.807, 2.05) is 0 Å². The van der Waals surface area contributed by atoms with Crippen molar-refractivity contribution in [3.63, 3.8) is 0 Å². The van der Waals surface area contributed by atoms with E-state index in [9.17, 15) is 17.2 Å². The SMILES string of the molecule is CC(C)c1nc(S(=O)(=O)Cl)cn1C(F)F. The Hall–Kier alpha value is -0.690. The average molecular weight is 259 g/mol. The van der Waals surface area contributed by atoms with E-state index in [4.69, 9.17) is 10.7 Å². The van der Waals surface area contributed by atoms with Gasteiger partial charge in [0, 0.05) is 22.8 Å². The fraction of sp³-hybridized carbons (Fsp3) is 0.571. The zero-order valence-electron chi connectivity index (χ0n) is 7.99. The number of rotatable bonds is 3. The summed E-state index contributed by atoms with van der Waals surface area (Å²) in [5.41, 5.74) is 0. The van der Waals surface area contributed by atoms with E-state index in [1.165, 1.54) is 0 Å². The molecule has 1 aromatic rings. The molecule has 0 spiro atoms. The highest BCUT2D eigenvalue weighted by Gasteiger charge is 2.22. The van der Waals surface area contributed by atoms with Crippen molar-refractivity contribution in [1.82, 2.24) is 9.55 Å². The minimum absolute atomic E-state index is 0.00998. The molecule has 0 N–H and O–H groups in total. The highest BCUT2D eigenvalue weighted by molar-refractivity contribution is 8.13. The van der Waals surface area contributed by atoms with Crippen molar-refractivity contribution >= 4 is 19.7 Å². The van der Waals surface area contributed by atoms with Crippen molar-refractivity contribution in [1.29, 1.82) is 0 Å². The lowest BCUT2D eigenvalue weighted by Crippen LogP contribution is -2.04. The van der Waals surface area contributed by atoms with Crippen LogP contribution >= 0.6 is 10.7 Å². The summed E-state index contributed by atoms with van der Waals surface area (Å²) in [6, 6.07) is 0. The fourth-order valence-electron chi connectivity index (χ4n) is 1.09. The van der Waals surface area contributed by atoms with E-state index in [-0.39, 0.29) is 11.7 Å². The van der Waals surface area contributed by atoms with Gasteiger partial charge in [0.25, 0.3) is 9.05 Å². The lowest BCUT2D eigenvalue weighted by molar-refractivity contribution is 0.0660. The van der Waals surface area contributed by atoms with Crippen molar-refractivity contribution in [3.05, 3.63) is 12.0 Å². The number of nitrogens with zero attached hydrogens (tertiary/aromatic N) is 2. The Morgan fingerprint density at radius 3 is 2.27 bits per heavy atom. The summed E-state index contributed by atoms with van der Waals surface area (Å²) in [6.07, 6.45) is 0.738. The second kappa shape index (κ2) is 4.05. The van der Waals surface area contributed by atoms with Crippen LogP contribution < -0.4 is 0 Å². The van der Waals surface area contributed by atoms with Crippen molar-refractivity contribution in [2.24, 2.45) is 0 Å². The molecule has 0 radical (unpaired) electrons. The maximum absolute atomic E-state index is 12.5. The van der Waals surface area contributed by atoms with Gasteiger partial charge in [0.05, 0.1) is 0 Å². The van der Waals surface area contributed by atoms with Gasteiger partial charge in [-0.2, -0.15) is 8.78 Å². The Labute approximate surface area is 90.3 Å². The molecule has 4 nitrogen and oxygen atoms in total. The minimum atomic E-state index is -4.06. The third kappa shape index (κ3) is 2.66. The lowest BCUT2D eigenvalue weighted by atomic mass is 10.2. The van der Waals surface area contributed by atoms with Crippen molar-refractivity contribution < 1.29 is 17.2 Å². The Morgan fingerprint density at radius 1 is 1.47 bits per heavy atom. The predicted octanol–water partition coefficient (Wildman–Crippen LogP) is 2.33. The number of imidazole rings is 1. The Kier molecular flexibility index (Phi) is 3.34. The molecule has 0 amide bonds. The van der Waals surface area contributed by atoms with Crippen LogP contribution in [0.1, 0.15) is 32.1 Å². The van der Waals surface area contributed by atoms with E-state index >= 15 is 0 Å². The van der Waals surface area contributed by atoms with E-state index in [0.29, 0.717) is 4.57 Å². The van der Waals surface area contributed by atoms with Gasteiger partial charge in [-0.3, -0.25) is 4.57 Å². The van der Waals surface area contributed by atoms with Gasteiger partial charge in [0.15, 0.2) is 5.03 Å². The van der Waals surface area contributed by atoms with E-state index in [0.717, 1.165) is 6.20 Å². The van der Waals surface area contributed by atoms with Gasteiger partial charge in [0.1, 0.15) is 5.82 Å². The zero-order valence-corrected chi connectivity index (χ0v) is 9.56. The van der Waals surface area contributed by atoms with E-state index in [1.54, 1.807) is 13.8 Å². The van der Waals surface area contributed by atoms with Crippen LogP contribution in [-0.2, 0) is 9.05 Å². The second-order valence-corrected chi connectivity index (χ2v) is 5.73. The molecule has 0 saturated heterocycles. The van der Waals surface area contributed by atoms with Gasteiger partial charge < -0.3 is 0 Å². The third-order valence-electron chi connectivity index (χ3n) is 1.72. The molecule has 0 aliphatic rings. The van der Waals surface area contributed by atoms with Crippen LogP contribution in [0.4, 0.5) is 8.78 Å². The number of hydrogen-bond donors (Lipinski definition) is 0. The largest absolute Gasteiger partial charge is 0.319 e. The van der Waals surface area contributed by atoms with Crippen molar-refractivity contribution in [2.45, 2.75) is 31.3 Å². The van der Waals surface area contributed by atoms with Gasteiger partial charge >= 0.3 is 6.55 Å². The summed E-state index contributed by atoms with van der Waals surface area (Å²) < 4.78 is 47.2. The Morgan fingerprint density at radius 2 is 2.00 bits per heavy atom. The first-order valence-electron chi connectivity index (χ1n) is 4.05. The summed E-state index contributed by atoms with van der Waals surface area (Å²) in [5, 5.41) is -0.548. The van der Waals surface area contributed by atoms with Gasteiger partial charge in [0.2, 0.25) is 0 Å². The van der Waals surface area contributed by atoms with Crippen LogP contribution in [0.3, 0.4) is 0 Å². The maximum Gasteiger partial charge on any atom is 0.319 e. The normalized spacial score (nSPS) is 12.7. The highest BCUT2D eigenvalue weighted by Crippen LogP contribution is 2.24. The van der Waals surface area contributed by atoms with Gasteiger partial charge in [-0.05, 0) is 0 Å². The van der Waals surface area contributed by atoms with E-state index < -0.39 is 20.6 Å². The first-order valence-corrected chi connectivity index (χ1v) is 6.36. The van der Waals surface area contributed by atoms with Crippen LogP contribution in [0.25, 0.3) is 0 Å². The molecule has 1 aromatic heterocycles.